The number of hydrogen-bond donors (Lipinski definition) is 1. The van der Waals surface area contributed by atoms with Crippen LogP contribution in [0.3, 0.4) is 0 Å². The number of nitrogens with one attached hydrogen (secondary N) is 1. The summed E-state index contributed by atoms with van der Waals surface area (Å²) in [4.78, 5) is 19.4. The fraction of sp³-hybridized carbons (Fsp3) is 0.154. The Bertz CT molecular complexity index is 697. The molecule has 0 fully saturated rings. The molecule has 104 valence electrons. The van der Waals surface area contributed by atoms with Crippen LogP contribution in [-0.4, -0.2) is 30.0 Å². The molecule has 1 aromatic heterocycles. The van der Waals surface area contributed by atoms with Gasteiger partial charge in [-0.2, -0.15) is 0 Å². The van der Waals surface area contributed by atoms with Gasteiger partial charge in [0.15, 0.2) is 9.84 Å². The van der Waals surface area contributed by atoms with Gasteiger partial charge in [-0.3, -0.25) is 10.1 Å². The summed E-state index contributed by atoms with van der Waals surface area (Å²) < 4.78 is 24.1. The van der Waals surface area contributed by atoms with Crippen LogP contribution < -0.4 is 5.32 Å². The molecule has 0 unspecified atom stereocenters. The van der Waals surface area contributed by atoms with Crippen LogP contribution in [0.25, 0.3) is 0 Å². The van der Waals surface area contributed by atoms with Crippen molar-refractivity contribution in [3.8, 4) is 0 Å². The predicted molar refractivity (Wildman–Crippen MR) is 73.9 cm³/mol. The lowest BCUT2D eigenvalue weighted by Crippen LogP contribution is -2.23. The van der Waals surface area contributed by atoms with E-state index in [4.69, 9.17) is 0 Å². The number of benzene rings is 1. The predicted octanol–water partition coefficient (Wildman–Crippen LogP) is 1.20. The summed E-state index contributed by atoms with van der Waals surface area (Å²) in [6.07, 6.45) is 2.91. The number of carbonyl (C=O) groups is 1. The maximum atomic E-state index is 12.0. The molecule has 1 N–H and O–H groups in total. The molecule has 0 bridgehead atoms. The average Bonchev–Trinajstić information content (AvgIpc) is 2.39. The van der Waals surface area contributed by atoms with Crippen molar-refractivity contribution in [2.75, 3.05) is 11.1 Å². The minimum Gasteiger partial charge on any atom is -0.294 e. The van der Waals surface area contributed by atoms with E-state index in [2.05, 4.69) is 15.3 Å². The third kappa shape index (κ3) is 3.61. The number of aryl methyl sites for hydroxylation is 1. The molecule has 2 aromatic rings. The van der Waals surface area contributed by atoms with Crippen molar-refractivity contribution < 1.29 is 13.2 Å². The van der Waals surface area contributed by atoms with Crippen LogP contribution in [0.15, 0.2) is 47.6 Å². The maximum absolute atomic E-state index is 12.0. The normalized spacial score (nSPS) is 11.1. The van der Waals surface area contributed by atoms with Gasteiger partial charge in [0.05, 0.1) is 4.90 Å². The Labute approximate surface area is 116 Å². The molecule has 1 amide bonds. The van der Waals surface area contributed by atoms with Crippen LogP contribution in [0.1, 0.15) is 5.56 Å². The highest BCUT2D eigenvalue weighted by atomic mass is 32.2. The van der Waals surface area contributed by atoms with Crippen LogP contribution in [-0.2, 0) is 14.6 Å². The molecule has 0 radical (unpaired) electrons. The molecule has 20 heavy (non-hydrogen) atoms. The summed E-state index contributed by atoms with van der Waals surface area (Å²) in [6, 6.07) is 7.93. The van der Waals surface area contributed by atoms with E-state index >= 15 is 0 Å². The van der Waals surface area contributed by atoms with Crippen molar-refractivity contribution in [3.63, 3.8) is 0 Å². The molecule has 0 saturated carbocycles. The van der Waals surface area contributed by atoms with E-state index in [0.29, 0.717) is 0 Å². The number of sulfone groups is 1. The fourth-order valence-corrected chi connectivity index (χ4v) is 2.66. The summed E-state index contributed by atoms with van der Waals surface area (Å²) in [5, 5.41) is 2.34. The highest BCUT2D eigenvalue weighted by Gasteiger charge is 2.19. The van der Waals surface area contributed by atoms with Crippen LogP contribution in [0.2, 0.25) is 0 Å². The Morgan fingerprint density at radius 3 is 2.35 bits per heavy atom. The molecule has 2 rings (SSSR count). The van der Waals surface area contributed by atoms with E-state index < -0.39 is 21.5 Å². The number of aromatic nitrogens is 2. The molecule has 6 nitrogen and oxygen atoms in total. The van der Waals surface area contributed by atoms with E-state index in [-0.39, 0.29) is 10.8 Å². The summed E-state index contributed by atoms with van der Waals surface area (Å²) in [5.41, 5.74) is 0.950. The SMILES string of the molecule is Cc1ccc(S(=O)(=O)CC(=O)Nc2ncccn2)cc1. The fourth-order valence-electron chi connectivity index (χ4n) is 1.53. The van der Waals surface area contributed by atoms with Crippen LogP contribution in [0, 0.1) is 6.92 Å². The van der Waals surface area contributed by atoms with Gasteiger partial charge in [-0.25, -0.2) is 18.4 Å². The molecule has 1 heterocycles. The Balaban J connectivity index is 2.08. The Kier molecular flexibility index (Phi) is 4.09. The van der Waals surface area contributed by atoms with Gasteiger partial charge in [-0.1, -0.05) is 17.7 Å². The van der Waals surface area contributed by atoms with Crippen molar-refractivity contribution in [2.45, 2.75) is 11.8 Å². The number of hydrogen-bond acceptors (Lipinski definition) is 5. The lowest BCUT2D eigenvalue weighted by atomic mass is 10.2. The number of anilines is 1. The molecular formula is C13H13N3O3S. The summed E-state index contributed by atoms with van der Waals surface area (Å²) in [6.45, 7) is 1.86. The van der Waals surface area contributed by atoms with Crippen molar-refractivity contribution >= 4 is 21.7 Å². The Morgan fingerprint density at radius 1 is 1.15 bits per heavy atom. The number of amides is 1. The monoisotopic (exact) mass is 291 g/mol. The summed E-state index contributed by atoms with van der Waals surface area (Å²) in [5.74, 6) is -1.23. The molecular weight excluding hydrogens is 278 g/mol. The second-order valence-electron chi connectivity index (χ2n) is 4.19. The van der Waals surface area contributed by atoms with Crippen molar-refractivity contribution in [2.24, 2.45) is 0 Å². The molecule has 0 spiro atoms. The van der Waals surface area contributed by atoms with Gasteiger partial charge in [-0.05, 0) is 25.1 Å². The van der Waals surface area contributed by atoms with E-state index in [0.717, 1.165) is 5.56 Å². The van der Waals surface area contributed by atoms with Gasteiger partial charge in [0.1, 0.15) is 5.75 Å². The quantitative estimate of drug-likeness (QED) is 0.914. The highest BCUT2D eigenvalue weighted by Crippen LogP contribution is 2.12. The topological polar surface area (TPSA) is 89.0 Å². The number of nitrogens with zero attached hydrogens (tertiary/aromatic N) is 2. The highest BCUT2D eigenvalue weighted by molar-refractivity contribution is 7.92. The molecule has 1 aromatic carbocycles. The number of rotatable bonds is 4. The zero-order valence-electron chi connectivity index (χ0n) is 10.8. The molecule has 0 aliphatic carbocycles. The van der Waals surface area contributed by atoms with Crippen LogP contribution in [0.4, 0.5) is 5.95 Å². The van der Waals surface area contributed by atoms with Gasteiger partial charge < -0.3 is 0 Å². The standard InChI is InChI=1S/C13H13N3O3S/c1-10-3-5-11(6-4-10)20(18,19)9-12(17)16-13-14-7-2-8-15-13/h2-8H,9H2,1H3,(H,14,15,16,17). The zero-order chi connectivity index (χ0) is 14.6. The first-order valence-electron chi connectivity index (χ1n) is 5.84. The number of carbonyl (C=O) groups excluding carboxylic acids is 1. The smallest absolute Gasteiger partial charge is 0.242 e. The first-order chi connectivity index (χ1) is 9.47. The largest absolute Gasteiger partial charge is 0.294 e. The van der Waals surface area contributed by atoms with Crippen molar-refractivity contribution in [1.29, 1.82) is 0 Å². The molecule has 0 aliphatic rings. The molecule has 0 aliphatic heterocycles. The first-order valence-corrected chi connectivity index (χ1v) is 7.49. The molecule has 7 heteroatoms. The lowest BCUT2D eigenvalue weighted by Gasteiger charge is -2.05. The van der Waals surface area contributed by atoms with E-state index in [1.54, 1.807) is 18.2 Å². The first kappa shape index (κ1) is 14.1. The average molecular weight is 291 g/mol. The van der Waals surface area contributed by atoms with E-state index in [9.17, 15) is 13.2 Å². The summed E-state index contributed by atoms with van der Waals surface area (Å²) in [7, 11) is -3.66. The maximum Gasteiger partial charge on any atom is 0.242 e. The molecule has 0 atom stereocenters. The van der Waals surface area contributed by atoms with Gasteiger partial charge >= 0.3 is 0 Å². The lowest BCUT2D eigenvalue weighted by molar-refractivity contribution is -0.113. The Morgan fingerprint density at radius 2 is 1.75 bits per heavy atom. The van der Waals surface area contributed by atoms with E-state index in [1.807, 2.05) is 6.92 Å². The van der Waals surface area contributed by atoms with Crippen molar-refractivity contribution in [3.05, 3.63) is 48.3 Å². The zero-order valence-corrected chi connectivity index (χ0v) is 11.6. The van der Waals surface area contributed by atoms with E-state index in [1.165, 1.54) is 24.5 Å². The van der Waals surface area contributed by atoms with Gasteiger partial charge in [0, 0.05) is 12.4 Å². The molecule has 0 saturated heterocycles. The van der Waals surface area contributed by atoms with Crippen LogP contribution >= 0.6 is 0 Å². The summed E-state index contributed by atoms with van der Waals surface area (Å²) >= 11 is 0. The Hall–Kier alpha value is -2.28. The second-order valence-corrected chi connectivity index (χ2v) is 6.18. The van der Waals surface area contributed by atoms with Crippen LogP contribution in [0.5, 0.6) is 0 Å². The van der Waals surface area contributed by atoms with Gasteiger partial charge in [0.25, 0.3) is 0 Å². The third-order valence-electron chi connectivity index (χ3n) is 2.52. The third-order valence-corrected chi connectivity index (χ3v) is 4.15. The van der Waals surface area contributed by atoms with Gasteiger partial charge in [0.2, 0.25) is 11.9 Å². The van der Waals surface area contributed by atoms with Gasteiger partial charge in [-0.15, -0.1) is 0 Å². The minimum absolute atomic E-state index is 0.0802. The minimum atomic E-state index is -3.66. The van der Waals surface area contributed by atoms with Crippen molar-refractivity contribution in [1.82, 2.24) is 9.97 Å². The second kappa shape index (κ2) is 5.79.